The summed E-state index contributed by atoms with van der Waals surface area (Å²) in [5, 5.41) is 2.90. The first kappa shape index (κ1) is 22.5. The van der Waals surface area contributed by atoms with Crippen molar-refractivity contribution in [3.05, 3.63) is 48.5 Å². The lowest BCUT2D eigenvalue weighted by molar-refractivity contribution is -0.116. The summed E-state index contributed by atoms with van der Waals surface area (Å²) >= 11 is 0. The molecule has 2 fully saturated rings. The number of nitrogens with zero attached hydrogens (tertiary/aromatic N) is 4. The molecule has 0 radical (unpaired) electrons. The molecule has 2 aliphatic rings. The summed E-state index contributed by atoms with van der Waals surface area (Å²) in [5.74, 6) is 0.651. The number of amides is 2. The number of carbonyl (C=O) groups excluding carboxylic acids is 2. The van der Waals surface area contributed by atoms with Crippen LogP contribution in [0.4, 0.5) is 5.69 Å². The van der Waals surface area contributed by atoms with E-state index in [9.17, 15) is 9.59 Å². The summed E-state index contributed by atoms with van der Waals surface area (Å²) in [7, 11) is 0. The van der Waals surface area contributed by atoms with E-state index in [1.807, 2.05) is 33.9 Å². The SMILES string of the molecule is O=C(CCn1ccnc1)Nc1cccc(C(=O)N2CCC(CCN3CCOCC3)CC2)c1. The van der Waals surface area contributed by atoms with Crippen LogP contribution in [0.3, 0.4) is 0 Å². The van der Waals surface area contributed by atoms with Gasteiger partial charge in [-0.3, -0.25) is 14.5 Å². The number of morpholine rings is 1. The molecule has 0 saturated carbocycles. The molecule has 3 heterocycles. The predicted molar refractivity (Wildman–Crippen MR) is 122 cm³/mol. The zero-order valence-corrected chi connectivity index (χ0v) is 18.6. The second-order valence-electron chi connectivity index (χ2n) is 8.66. The smallest absolute Gasteiger partial charge is 0.253 e. The average molecular weight is 440 g/mol. The maximum absolute atomic E-state index is 13.0. The van der Waals surface area contributed by atoms with E-state index in [4.69, 9.17) is 4.74 Å². The predicted octanol–water partition coefficient (Wildman–Crippen LogP) is 2.49. The third-order valence-electron chi connectivity index (χ3n) is 6.41. The molecule has 1 N–H and O–H groups in total. The number of aromatic nitrogens is 2. The molecule has 0 bridgehead atoms. The van der Waals surface area contributed by atoms with Gasteiger partial charge in [0, 0.05) is 62.8 Å². The van der Waals surface area contributed by atoms with Gasteiger partial charge in [-0.15, -0.1) is 0 Å². The third kappa shape index (κ3) is 6.40. The number of imidazole rings is 1. The summed E-state index contributed by atoms with van der Waals surface area (Å²) in [6.07, 6.45) is 8.88. The van der Waals surface area contributed by atoms with Crippen LogP contribution < -0.4 is 5.32 Å². The Bertz CT molecular complexity index is 872. The number of ether oxygens (including phenoxy) is 1. The molecule has 0 atom stereocenters. The van der Waals surface area contributed by atoms with Gasteiger partial charge in [0.1, 0.15) is 0 Å². The molecule has 4 rings (SSSR count). The molecule has 0 aliphatic carbocycles. The second-order valence-corrected chi connectivity index (χ2v) is 8.66. The average Bonchev–Trinajstić information content (AvgIpc) is 3.36. The van der Waals surface area contributed by atoms with E-state index in [0.717, 1.165) is 58.8 Å². The summed E-state index contributed by atoms with van der Waals surface area (Å²) in [6, 6.07) is 7.26. The Morgan fingerprint density at radius 1 is 1.09 bits per heavy atom. The molecule has 2 aromatic rings. The first-order chi connectivity index (χ1) is 15.7. The number of hydrogen-bond donors (Lipinski definition) is 1. The Morgan fingerprint density at radius 3 is 2.66 bits per heavy atom. The van der Waals surface area contributed by atoms with Crippen LogP contribution in [0.25, 0.3) is 0 Å². The maximum Gasteiger partial charge on any atom is 0.253 e. The van der Waals surface area contributed by atoms with Crippen LogP contribution in [0.1, 0.15) is 36.0 Å². The van der Waals surface area contributed by atoms with Crippen LogP contribution in [0.15, 0.2) is 43.0 Å². The van der Waals surface area contributed by atoms with Crippen LogP contribution in [0, 0.1) is 5.92 Å². The topological polar surface area (TPSA) is 79.7 Å². The number of piperidine rings is 1. The number of benzene rings is 1. The molecule has 8 nitrogen and oxygen atoms in total. The van der Waals surface area contributed by atoms with E-state index in [2.05, 4.69) is 15.2 Å². The van der Waals surface area contributed by atoms with Crippen LogP contribution in [-0.4, -0.2) is 77.1 Å². The quantitative estimate of drug-likeness (QED) is 0.684. The molecule has 8 heteroatoms. The lowest BCUT2D eigenvalue weighted by atomic mass is 9.93. The van der Waals surface area contributed by atoms with Crippen LogP contribution in [0.2, 0.25) is 0 Å². The molecular weight excluding hydrogens is 406 g/mol. The van der Waals surface area contributed by atoms with Crippen molar-refractivity contribution in [1.29, 1.82) is 0 Å². The molecule has 1 aromatic carbocycles. The minimum atomic E-state index is -0.0793. The Kier molecular flexibility index (Phi) is 7.90. The molecule has 32 heavy (non-hydrogen) atoms. The zero-order chi connectivity index (χ0) is 22.2. The Balaban J connectivity index is 1.22. The van der Waals surface area contributed by atoms with E-state index < -0.39 is 0 Å². The fourth-order valence-electron chi connectivity index (χ4n) is 4.40. The van der Waals surface area contributed by atoms with Crippen LogP contribution in [0.5, 0.6) is 0 Å². The van der Waals surface area contributed by atoms with Gasteiger partial charge < -0.3 is 19.5 Å². The molecule has 2 aliphatic heterocycles. The molecule has 2 saturated heterocycles. The summed E-state index contributed by atoms with van der Waals surface area (Å²) in [5.41, 5.74) is 1.29. The zero-order valence-electron chi connectivity index (χ0n) is 18.6. The Hall–Kier alpha value is -2.71. The van der Waals surface area contributed by atoms with Crippen molar-refractivity contribution < 1.29 is 14.3 Å². The highest BCUT2D eigenvalue weighted by molar-refractivity contribution is 5.97. The number of carbonyl (C=O) groups is 2. The van der Waals surface area contributed by atoms with Crippen molar-refractivity contribution in [3.63, 3.8) is 0 Å². The van der Waals surface area contributed by atoms with Gasteiger partial charge in [0.25, 0.3) is 5.91 Å². The molecule has 1 aromatic heterocycles. The van der Waals surface area contributed by atoms with E-state index in [1.54, 1.807) is 18.6 Å². The largest absolute Gasteiger partial charge is 0.379 e. The summed E-state index contributed by atoms with van der Waals surface area (Å²) in [4.78, 5) is 33.7. The minimum absolute atomic E-state index is 0.0474. The standard InChI is InChI=1S/C24H33N5O3/c30-23(7-10-28-13-8-25-19-28)26-22-3-1-2-21(18-22)24(31)29-11-5-20(6-12-29)4-9-27-14-16-32-17-15-27/h1-3,8,13,18-20H,4-7,9-12,14-17H2,(H,26,30). The van der Waals surface area contributed by atoms with Gasteiger partial charge in [0.2, 0.25) is 5.91 Å². The highest BCUT2D eigenvalue weighted by atomic mass is 16.5. The normalized spacial score (nSPS) is 17.9. The van der Waals surface area contributed by atoms with Crippen molar-refractivity contribution in [2.45, 2.75) is 32.2 Å². The van der Waals surface area contributed by atoms with Gasteiger partial charge >= 0.3 is 0 Å². The molecule has 0 unspecified atom stereocenters. The van der Waals surface area contributed by atoms with Crippen molar-refractivity contribution in [2.24, 2.45) is 5.92 Å². The van der Waals surface area contributed by atoms with Crippen LogP contribution in [-0.2, 0) is 16.1 Å². The number of anilines is 1. The van der Waals surface area contributed by atoms with Crippen molar-refractivity contribution in [2.75, 3.05) is 51.3 Å². The first-order valence-corrected chi connectivity index (χ1v) is 11.6. The minimum Gasteiger partial charge on any atom is -0.379 e. The van der Waals surface area contributed by atoms with Gasteiger partial charge in [-0.2, -0.15) is 0 Å². The fraction of sp³-hybridized carbons (Fsp3) is 0.542. The number of rotatable bonds is 8. The summed E-state index contributed by atoms with van der Waals surface area (Å²) < 4.78 is 7.28. The molecule has 0 spiro atoms. The van der Waals surface area contributed by atoms with E-state index in [-0.39, 0.29) is 11.8 Å². The van der Waals surface area contributed by atoms with Crippen LogP contribution >= 0.6 is 0 Å². The fourth-order valence-corrected chi connectivity index (χ4v) is 4.40. The number of likely N-dealkylation sites (tertiary alicyclic amines) is 1. The summed E-state index contributed by atoms with van der Waals surface area (Å²) in [6.45, 7) is 7.06. The monoisotopic (exact) mass is 439 g/mol. The molecular formula is C24H33N5O3. The lowest BCUT2D eigenvalue weighted by Gasteiger charge is -2.34. The van der Waals surface area contributed by atoms with Crippen molar-refractivity contribution in [1.82, 2.24) is 19.4 Å². The highest BCUT2D eigenvalue weighted by Crippen LogP contribution is 2.23. The number of nitrogens with one attached hydrogen (secondary N) is 1. The Morgan fingerprint density at radius 2 is 1.91 bits per heavy atom. The van der Waals surface area contributed by atoms with E-state index >= 15 is 0 Å². The van der Waals surface area contributed by atoms with Gasteiger partial charge in [0.05, 0.1) is 19.5 Å². The van der Waals surface area contributed by atoms with Gasteiger partial charge in [-0.05, 0) is 49.9 Å². The maximum atomic E-state index is 13.0. The van der Waals surface area contributed by atoms with Crippen molar-refractivity contribution in [3.8, 4) is 0 Å². The number of hydrogen-bond acceptors (Lipinski definition) is 5. The van der Waals surface area contributed by atoms with Gasteiger partial charge in [0.15, 0.2) is 0 Å². The molecule has 172 valence electrons. The van der Waals surface area contributed by atoms with Gasteiger partial charge in [-0.1, -0.05) is 6.07 Å². The third-order valence-corrected chi connectivity index (χ3v) is 6.41. The van der Waals surface area contributed by atoms with E-state index in [0.29, 0.717) is 30.1 Å². The molecule has 2 amide bonds. The van der Waals surface area contributed by atoms with E-state index in [1.165, 1.54) is 6.42 Å². The van der Waals surface area contributed by atoms with Gasteiger partial charge in [-0.25, -0.2) is 4.98 Å². The highest BCUT2D eigenvalue weighted by Gasteiger charge is 2.24. The first-order valence-electron chi connectivity index (χ1n) is 11.6. The second kappa shape index (κ2) is 11.2. The lowest BCUT2D eigenvalue weighted by Crippen LogP contribution is -2.40. The Labute approximate surface area is 189 Å². The van der Waals surface area contributed by atoms with Crippen molar-refractivity contribution >= 4 is 17.5 Å². The number of aryl methyl sites for hydroxylation is 1.